The molecule has 0 radical (unpaired) electrons. The Labute approximate surface area is 163 Å². The fourth-order valence-corrected chi connectivity index (χ4v) is 3.14. The molecule has 3 rings (SSSR count). The highest BCUT2D eigenvalue weighted by molar-refractivity contribution is 5.97. The fourth-order valence-electron chi connectivity index (χ4n) is 3.14. The lowest BCUT2D eigenvalue weighted by Crippen LogP contribution is -2.56. The summed E-state index contributed by atoms with van der Waals surface area (Å²) < 4.78 is 4.92. The van der Waals surface area contributed by atoms with Crippen molar-refractivity contribution in [1.82, 2.24) is 5.32 Å². The molecule has 0 saturated heterocycles. The van der Waals surface area contributed by atoms with E-state index < -0.39 is 23.5 Å². The summed E-state index contributed by atoms with van der Waals surface area (Å²) in [6.45, 7) is 0. The maximum Gasteiger partial charge on any atom is 0.332 e. The maximum atomic E-state index is 12.8. The van der Waals surface area contributed by atoms with Crippen molar-refractivity contribution in [2.75, 3.05) is 7.11 Å². The molecule has 142 valence electrons. The van der Waals surface area contributed by atoms with Gasteiger partial charge in [-0.15, -0.1) is 0 Å². The molecule has 0 bridgehead atoms. The van der Waals surface area contributed by atoms with E-state index in [1.165, 1.54) is 7.11 Å². The summed E-state index contributed by atoms with van der Waals surface area (Å²) in [6, 6.07) is 24.6. The van der Waals surface area contributed by atoms with Gasteiger partial charge in [-0.1, -0.05) is 78.9 Å². The van der Waals surface area contributed by atoms with E-state index >= 15 is 0 Å². The van der Waals surface area contributed by atoms with Crippen molar-refractivity contribution < 1.29 is 19.4 Å². The van der Waals surface area contributed by atoms with Crippen LogP contribution in [0.3, 0.4) is 0 Å². The van der Waals surface area contributed by atoms with Crippen molar-refractivity contribution in [2.24, 2.45) is 0 Å². The average Bonchev–Trinajstić information content (AvgIpc) is 2.78. The Kier molecular flexibility index (Phi) is 5.87. The van der Waals surface area contributed by atoms with Crippen molar-refractivity contribution in [1.29, 1.82) is 0 Å². The molecule has 0 aromatic heterocycles. The lowest BCUT2D eigenvalue weighted by Gasteiger charge is -2.36. The van der Waals surface area contributed by atoms with Crippen LogP contribution < -0.4 is 5.32 Å². The van der Waals surface area contributed by atoms with Gasteiger partial charge >= 0.3 is 5.97 Å². The Morgan fingerprint density at radius 2 is 1.25 bits per heavy atom. The number of amides is 1. The Hall–Kier alpha value is -3.44. The predicted molar refractivity (Wildman–Crippen MR) is 106 cm³/mol. The highest BCUT2D eigenvalue weighted by atomic mass is 16.5. The molecule has 3 aromatic rings. The number of aliphatic hydroxyl groups is 1. The van der Waals surface area contributed by atoms with Crippen LogP contribution >= 0.6 is 0 Å². The van der Waals surface area contributed by atoms with Gasteiger partial charge in [-0.25, -0.2) is 4.79 Å². The number of carbonyl (C=O) groups excluding carboxylic acids is 2. The Bertz CT molecular complexity index is 887. The van der Waals surface area contributed by atoms with E-state index in [2.05, 4.69) is 5.32 Å². The number of nitrogens with one attached hydrogen (secondary N) is 1. The van der Waals surface area contributed by atoms with Crippen LogP contribution in [-0.4, -0.2) is 30.1 Å². The van der Waals surface area contributed by atoms with Crippen LogP contribution in [0.15, 0.2) is 91.0 Å². The second kappa shape index (κ2) is 8.50. The van der Waals surface area contributed by atoms with Crippen LogP contribution in [0.5, 0.6) is 0 Å². The molecule has 0 aliphatic rings. The van der Waals surface area contributed by atoms with Gasteiger partial charge in [-0.3, -0.25) is 4.79 Å². The van der Waals surface area contributed by atoms with E-state index in [-0.39, 0.29) is 0 Å². The summed E-state index contributed by atoms with van der Waals surface area (Å²) in [4.78, 5) is 25.4. The monoisotopic (exact) mass is 375 g/mol. The van der Waals surface area contributed by atoms with Crippen LogP contribution in [-0.2, 0) is 15.1 Å². The van der Waals surface area contributed by atoms with Crippen molar-refractivity contribution in [3.8, 4) is 0 Å². The molecule has 1 unspecified atom stereocenters. The molecule has 1 atom stereocenters. The molecule has 3 aromatic carbocycles. The zero-order chi connectivity index (χ0) is 20.0. The number of esters is 1. The summed E-state index contributed by atoms with van der Waals surface area (Å²) in [7, 11) is 1.22. The minimum absolute atomic E-state index is 0.375. The first kappa shape index (κ1) is 19.3. The molecular weight excluding hydrogens is 354 g/mol. The van der Waals surface area contributed by atoms with E-state index in [1.54, 1.807) is 78.9 Å². The SMILES string of the molecule is COC(=O)C(NC(=O)c1ccccc1)C(O)(c1ccccc1)c1ccccc1. The van der Waals surface area contributed by atoms with Crippen molar-refractivity contribution >= 4 is 11.9 Å². The number of methoxy groups -OCH3 is 1. The van der Waals surface area contributed by atoms with Gasteiger partial charge in [0, 0.05) is 5.56 Å². The second-order valence-corrected chi connectivity index (χ2v) is 6.29. The fraction of sp³-hybridized carbons (Fsp3) is 0.130. The molecule has 1 amide bonds. The maximum absolute atomic E-state index is 12.8. The summed E-state index contributed by atoms with van der Waals surface area (Å²) in [5, 5.41) is 14.5. The molecule has 2 N–H and O–H groups in total. The Balaban J connectivity index is 2.10. The third-order valence-electron chi connectivity index (χ3n) is 4.59. The molecule has 5 heteroatoms. The van der Waals surface area contributed by atoms with E-state index in [9.17, 15) is 14.7 Å². The van der Waals surface area contributed by atoms with Crippen molar-refractivity contribution in [2.45, 2.75) is 11.6 Å². The minimum Gasteiger partial charge on any atom is -0.467 e. The van der Waals surface area contributed by atoms with Crippen molar-refractivity contribution in [3.05, 3.63) is 108 Å². The molecule has 0 aliphatic heterocycles. The third kappa shape index (κ3) is 3.80. The first-order valence-electron chi connectivity index (χ1n) is 8.84. The molecular formula is C23H21NO4. The molecule has 0 spiro atoms. The van der Waals surface area contributed by atoms with Crippen LogP contribution in [0.1, 0.15) is 21.5 Å². The highest BCUT2D eigenvalue weighted by Crippen LogP contribution is 2.34. The van der Waals surface area contributed by atoms with E-state index in [0.717, 1.165) is 0 Å². The topological polar surface area (TPSA) is 75.6 Å². The van der Waals surface area contributed by atoms with Gasteiger partial charge in [0.25, 0.3) is 5.91 Å². The Morgan fingerprint density at radius 1 is 0.821 bits per heavy atom. The number of rotatable bonds is 6. The van der Waals surface area contributed by atoms with Gasteiger partial charge in [0.2, 0.25) is 0 Å². The summed E-state index contributed by atoms with van der Waals surface area (Å²) in [6.07, 6.45) is 0. The molecule has 0 saturated carbocycles. The lowest BCUT2D eigenvalue weighted by molar-refractivity contribution is -0.149. The number of carbonyl (C=O) groups is 2. The standard InChI is InChI=1S/C23H21NO4/c1-28-22(26)20(24-21(25)17-11-5-2-6-12-17)23(27,18-13-7-3-8-14-18)19-15-9-4-10-16-19/h2-16,20,27H,1H3,(H,24,25). The van der Waals surface area contributed by atoms with Gasteiger partial charge in [-0.2, -0.15) is 0 Å². The number of benzene rings is 3. The number of hydrogen-bond donors (Lipinski definition) is 2. The Morgan fingerprint density at radius 3 is 1.68 bits per heavy atom. The summed E-state index contributed by atoms with van der Waals surface area (Å²) in [5.41, 5.74) is -0.519. The van der Waals surface area contributed by atoms with Gasteiger partial charge in [0.1, 0.15) is 5.60 Å². The molecule has 5 nitrogen and oxygen atoms in total. The third-order valence-corrected chi connectivity index (χ3v) is 4.59. The van der Waals surface area contributed by atoms with E-state index in [4.69, 9.17) is 4.74 Å². The highest BCUT2D eigenvalue weighted by Gasteiger charge is 2.46. The van der Waals surface area contributed by atoms with E-state index in [0.29, 0.717) is 16.7 Å². The molecule has 28 heavy (non-hydrogen) atoms. The number of ether oxygens (including phenoxy) is 1. The molecule has 0 aliphatic carbocycles. The van der Waals surface area contributed by atoms with Crippen LogP contribution in [0.2, 0.25) is 0 Å². The van der Waals surface area contributed by atoms with Gasteiger partial charge in [-0.05, 0) is 23.3 Å². The lowest BCUT2D eigenvalue weighted by atomic mass is 9.80. The summed E-state index contributed by atoms with van der Waals surface area (Å²) >= 11 is 0. The summed E-state index contributed by atoms with van der Waals surface area (Å²) in [5.74, 6) is -1.24. The first-order chi connectivity index (χ1) is 13.6. The van der Waals surface area contributed by atoms with Crippen LogP contribution in [0.4, 0.5) is 0 Å². The predicted octanol–water partition coefficient (Wildman–Crippen LogP) is 2.89. The quantitative estimate of drug-likeness (QED) is 0.650. The zero-order valence-electron chi connectivity index (χ0n) is 15.4. The zero-order valence-corrected chi connectivity index (χ0v) is 15.4. The second-order valence-electron chi connectivity index (χ2n) is 6.29. The first-order valence-corrected chi connectivity index (χ1v) is 8.84. The van der Waals surface area contributed by atoms with Crippen molar-refractivity contribution in [3.63, 3.8) is 0 Å². The molecule has 0 heterocycles. The van der Waals surface area contributed by atoms with E-state index in [1.807, 2.05) is 12.1 Å². The van der Waals surface area contributed by atoms with Crippen LogP contribution in [0.25, 0.3) is 0 Å². The van der Waals surface area contributed by atoms with Gasteiger partial charge in [0.15, 0.2) is 6.04 Å². The smallest absolute Gasteiger partial charge is 0.332 e. The normalized spacial score (nSPS) is 12.1. The number of hydrogen-bond acceptors (Lipinski definition) is 4. The molecule has 0 fully saturated rings. The van der Waals surface area contributed by atoms with Gasteiger partial charge < -0.3 is 15.2 Å². The average molecular weight is 375 g/mol. The van der Waals surface area contributed by atoms with Crippen LogP contribution in [0, 0.1) is 0 Å². The van der Waals surface area contributed by atoms with Gasteiger partial charge in [0.05, 0.1) is 7.11 Å². The largest absolute Gasteiger partial charge is 0.467 e. The minimum atomic E-state index is -1.82.